The van der Waals surface area contributed by atoms with E-state index in [0.29, 0.717) is 6.04 Å². The lowest BCUT2D eigenvalue weighted by Gasteiger charge is -2.29. The van der Waals surface area contributed by atoms with E-state index in [-0.39, 0.29) is 5.78 Å². The number of Topliss-reactive ketones (excluding diaryl/α,β-unsaturated/α-hetero) is 1. The van der Waals surface area contributed by atoms with Gasteiger partial charge in [0, 0.05) is 40.9 Å². The Kier molecular flexibility index (Phi) is 3.87. The second-order valence-corrected chi connectivity index (χ2v) is 6.92. The van der Waals surface area contributed by atoms with E-state index in [9.17, 15) is 4.79 Å². The summed E-state index contributed by atoms with van der Waals surface area (Å²) in [6, 6.07) is 7.33. The van der Waals surface area contributed by atoms with Crippen molar-refractivity contribution >= 4 is 27.4 Å². The molecule has 3 rings (SSSR count). The highest BCUT2D eigenvalue weighted by atomic mass is 79.9. The molecule has 0 aromatic heterocycles. The van der Waals surface area contributed by atoms with Crippen molar-refractivity contribution in [3.63, 3.8) is 0 Å². The van der Waals surface area contributed by atoms with E-state index >= 15 is 0 Å². The van der Waals surface area contributed by atoms with Crippen molar-refractivity contribution in [1.29, 1.82) is 0 Å². The number of likely N-dealkylation sites (N-methyl/N-ethyl adjacent to an activating group) is 1. The van der Waals surface area contributed by atoms with E-state index < -0.39 is 0 Å². The zero-order valence-electron chi connectivity index (χ0n) is 12.1. The Morgan fingerprint density at radius 3 is 2.75 bits per heavy atom. The number of carbonyl (C=O) groups excluding carboxylic acids is 1. The van der Waals surface area contributed by atoms with E-state index in [1.54, 1.807) is 6.92 Å². The number of anilines is 1. The van der Waals surface area contributed by atoms with Gasteiger partial charge in [-0.25, -0.2) is 0 Å². The molecule has 2 fully saturated rings. The minimum absolute atomic E-state index is 0.148. The number of fused-ring (bicyclic) bond motifs is 2. The lowest BCUT2D eigenvalue weighted by Crippen LogP contribution is -2.37. The number of hydrogen-bond donors (Lipinski definition) is 0. The van der Waals surface area contributed by atoms with Gasteiger partial charge in [0.2, 0.25) is 0 Å². The molecule has 0 amide bonds. The molecule has 1 aromatic rings. The first-order chi connectivity index (χ1) is 9.56. The molecular formula is C16H21BrN2O. The molecule has 20 heavy (non-hydrogen) atoms. The molecule has 2 saturated heterocycles. The van der Waals surface area contributed by atoms with Crippen LogP contribution < -0.4 is 4.90 Å². The third-order valence-electron chi connectivity index (χ3n) is 4.83. The summed E-state index contributed by atoms with van der Waals surface area (Å²) in [7, 11) is 2.25. The summed E-state index contributed by atoms with van der Waals surface area (Å²) in [6.45, 7) is 3.73. The first-order valence-corrected chi connectivity index (χ1v) is 8.13. The molecule has 2 heterocycles. The van der Waals surface area contributed by atoms with E-state index in [1.807, 2.05) is 12.1 Å². The van der Waals surface area contributed by atoms with Crippen molar-refractivity contribution in [3.8, 4) is 0 Å². The summed E-state index contributed by atoms with van der Waals surface area (Å²) in [5.74, 6) is 0.148. The Bertz CT molecular complexity index is 531. The number of rotatable bonds is 2. The second-order valence-electron chi connectivity index (χ2n) is 6.00. The zero-order chi connectivity index (χ0) is 14.3. The van der Waals surface area contributed by atoms with Crippen LogP contribution in [0.2, 0.25) is 0 Å². The van der Waals surface area contributed by atoms with Gasteiger partial charge in [0.05, 0.1) is 0 Å². The maximum atomic E-state index is 11.9. The van der Waals surface area contributed by atoms with Gasteiger partial charge in [-0.2, -0.15) is 0 Å². The molecule has 4 heteroatoms. The number of hydrogen-bond acceptors (Lipinski definition) is 3. The van der Waals surface area contributed by atoms with Gasteiger partial charge < -0.3 is 4.90 Å². The second kappa shape index (κ2) is 5.49. The van der Waals surface area contributed by atoms with Crippen LogP contribution in [0.25, 0.3) is 0 Å². The largest absolute Gasteiger partial charge is 0.369 e. The van der Waals surface area contributed by atoms with Gasteiger partial charge in [-0.1, -0.05) is 15.9 Å². The Morgan fingerprint density at radius 2 is 2.00 bits per heavy atom. The third-order valence-corrected chi connectivity index (χ3v) is 5.32. The maximum Gasteiger partial charge on any atom is 0.161 e. The highest BCUT2D eigenvalue weighted by Crippen LogP contribution is 2.33. The van der Waals surface area contributed by atoms with Crippen LogP contribution in [0.4, 0.5) is 5.69 Å². The van der Waals surface area contributed by atoms with Crippen LogP contribution in [0, 0.1) is 0 Å². The molecule has 2 bridgehead atoms. The molecule has 0 saturated carbocycles. The van der Waals surface area contributed by atoms with Crippen molar-refractivity contribution in [1.82, 2.24) is 4.90 Å². The van der Waals surface area contributed by atoms with Crippen LogP contribution in [-0.2, 0) is 0 Å². The van der Waals surface area contributed by atoms with Crippen LogP contribution in [-0.4, -0.2) is 42.9 Å². The zero-order valence-corrected chi connectivity index (χ0v) is 13.7. The Morgan fingerprint density at radius 1 is 1.25 bits per heavy atom. The van der Waals surface area contributed by atoms with Gasteiger partial charge in [0.1, 0.15) is 0 Å². The van der Waals surface area contributed by atoms with Gasteiger partial charge in [-0.15, -0.1) is 0 Å². The number of carbonyl (C=O) groups is 1. The highest BCUT2D eigenvalue weighted by molar-refractivity contribution is 9.10. The molecule has 1 aromatic carbocycles. The first kappa shape index (κ1) is 14.1. The quantitative estimate of drug-likeness (QED) is 0.774. The SMILES string of the molecule is CC(=O)c1ccc(Br)cc1N1CCC2CCC(C1)N2C. The van der Waals surface area contributed by atoms with Gasteiger partial charge in [0.25, 0.3) is 0 Å². The lowest BCUT2D eigenvalue weighted by atomic mass is 10.0. The Labute approximate surface area is 129 Å². The van der Waals surface area contributed by atoms with Crippen molar-refractivity contribution in [3.05, 3.63) is 28.2 Å². The summed E-state index contributed by atoms with van der Waals surface area (Å²) >= 11 is 3.54. The maximum absolute atomic E-state index is 11.9. The van der Waals surface area contributed by atoms with E-state index in [4.69, 9.17) is 0 Å². The minimum Gasteiger partial charge on any atom is -0.369 e. The van der Waals surface area contributed by atoms with Gasteiger partial charge >= 0.3 is 0 Å². The normalized spacial score (nSPS) is 26.6. The summed E-state index contributed by atoms with van der Waals surface area (Å²) in [5, 5.41) is 0. The smallest absolute Gasteiger partial charge is 0.161 e. The number of ketones is 1. The topological polar surface area (TPSA) is 23.6 Å². The van der Waals surface area contributed by atoms with Crippen molar-refractivity contribution in [2.45, 2.75) is 38.3 Å². The van der Waals surface area contributed by atoms with Crippen molar-refractivity contribution < 1.29 is 4.79 Å². The van der Waals surface area contributed by atoms with Crippen LogP contribution >= 0.6 is 15.9 Å². The van der Waals surface area contributed by atoms with Gasteiger partial charge in [-0.3, -0.25) is 9.69 Å². The van der Waals surface area contributed by atoms with E-state index in [2.05, 4.69) is 38.8 Å². The minimum atomic E-state index is 0.148. The summed E-state index contributed by atoms with van der Waals surface area (Å²) in [4.78, 5) is 16.8. The fraction of sp³-hybridized carbons (Fsp3) is 0.562. The fourth-order valence-corrected chi connectivity index (χ4v) is 3.94. The Balaban J connectivity index is 1.93. The average molecular weight is 337 g/mol. The lowest BCUT2D eigenvalue weighted by molar-refractivity contribution is 0.101. The van der Waals surface area contributed by atoms with Gasteiger partial charge in [0.15, 0.2) is 5.78 Å². The average Bonchev–Trinajstić information content (AvgIpc) is 2.62. The molecule has 3 nitrogen and oxygen atoms in total. The molecule has 2 aliphatic heterocycles. The summed E-state index contributed by atoms with van der Waals surface area (Å²) in [6.07, 6.45) is 3.80. The molecule has 0 spiro atoms. The van der Waals surface area contributed by atoms with Crippen molar-refractivity contribution in [2.24, 2.45) is 0 Å². The molecule has 2 unspecified atom stereocenters. The number of halogens is 1. The summed E-state index contributed by atoms with van der Waals surface area (Å²) in [5.41, 5.74) is 1.93. The van der Waals surface area contributed by atoms with E-state index in [0.717, 1.165) is 34.9 Å². The van der Waals surface area contributed by atoms with Crippen molar-refractivity contribution in [2.75, 3.05) is 25.0 Å². The molecule has 108 valence electrons. The molecule has 2 aliphatic rings. The first-order valence-electron chi connectivity index (χ1n) is 7.33. The van der Waals surface area contributed by atoms with Crippen LogP contribution in [0.15, 0.2) is 22.7 Å². The number of benzene rings is 1. The van der Waals surface area contributed by atoms with Crippen LogP contribution in [0.5, 0.6) is 0 Å². The molecule has 0 N–H and O–H groups in total. The predicted octanol–water partition coefficient (Wildman–Crippen LogP) is 3.32. The predicted molar refractivity (Wildman–Crippen MR) is 85.5 cm³/mol. The highest BCUT2D eigenvalue weighted by Gasteiger charge is 2.35. The Hall–Kier alpha value is -0.870. The van der Waals surface area contributed by atoms with Crippen LogP contribution in [0.1, 0.15) is 36.5 Å². The van der Waals surface area contributed by atoms with Gasteiger partial charge in [-0.05, 0) is 51.4 Å². The van der Waals surface area contributed by atoms with E-state index in [1.165, 1.54) is 19.3 Å². The monoisotopic (exact) mass is 336 g/mol. The number of nitrogens with zero attached hydrogens (tertiary/aromatic N) is 2. The molecule has 0 radical (unpaired) electrons. The molecule has 0 aliphatic carbocycles. The molecular weight excluding hydrogens is 316 g/mol. The fourth-order valence-electron chi connectivity index (χ4n) is 3.59. The molecule has 2 atom stereocenters. The standard InChI is InChI=1S/C16H21BrN2O/c1-11(20)15-6-3-12(17)9-16(15)19-8-7-13-4-5-14(10-19)18(13)2/h3,6,9,13-14H,4-5,7-8,10H2,1-2H3. The summed E-state index contributed by atoms with van der Waals surface area (Å²) < 4.78 is 1.04. The van der Waals surface area contributed by atoms with Crippen LogP contribution in [0.3, 0.4) is 0 Å². The third kappa shape index (κ3) is 2.51.